The van der Waals surface area contributed by atoms with Crippen molar-refractivity contribution in [2.24, 2.45) is 0 Å². The van der Waals surface area contributed by atoms with Gasteiger partial charge < -0.3 is 10.6 Å². The van der Waals surface area contributed by atoms with Crippen LogP contribution in [0.3, 0.4) is 0 Å². The molecule has 0 spiro atoms. The first kappa shape index (κ1) is 21.1. The first-order valence-corrected chi connectivity index (χ1v) is 11.1. The van der Waals surface area contributed by atoms with E-state index < -0.39 is 27.7 Å². The lowest BCUT2D eigenvalue weighted by Crippen LogP contribution is -2.32. The third-order valence-electron chi connectivity index (χ3n) is 4.98. The minimum absolute atomic E-state index is 0.142. The molecule has 0 bridgehead atoms. The molecule has 4 rings (SSSR count). The number of benzene rings is 2. The second-order valence-corrected chi connectivity index (χ2v) is 9.02. The number of nitrogens with zero attached hydrogens (tertiary/aromatic N) is 4. The number of hydrogen-bond donors (Lipinski definition) is 2. The van der Waals surface area contributed by atoms with E-state index in [9.17, 15) is 22.0 Å². The van der Waals surface area contributed by atoms with Gasteiger partial charge in [-0.3, -0.25) is 0 Å². The van der Waals surface area contributed by atoms with E-state index in [-0.39, 0.29) is 23.7 Å². The van der Waals surface area contributed by atoms with Crippen molar-refractivity contribution in [1.82, 2.24) is 24.6 Å². The van der Waals surface area contributed by atoms with Crippen LogP contribution in [0.5, 0.6) is 0 Å². The van der Waals surface area contributed by atoms with Crippen LogP contribution in [-0.4, -0.2) is 53.4 Å². The van der Waals surface area contributed by atoms with Crippen molar-refractivity contribution in [3.63, 3.8) is 0 Å². The van der Waals surface area contributed by atoms with Gasteiger partial charge in [-0.2, -0.15) is 4.31 Å². The molecule has 31 heavy (non-hydrogen) atoms. The Morgan fingerprint density at radius 1 is 1.10 bits per heavy atom. The van der Waals surface area contributed by atoms with Crippen LogP contribution in [0.15, 0.2) is 41.3 Å². The predicted octanol–water partition coefficient (Wildman–Crippen LogP) is 2.32. The molecule has 2 aromatic carbocycles. The maximum absolute atomic E-state index is 13.6. The molecule has 9 nitrogen and oxygen atoms in total. The Kier molecular flexibility index (Phi) is 5.83. The molecule has 0 saturated carbocycles. The van der Waals surface area contributed by atoms with Crippen molar-refractivity contribution in [3.8, 4) is 0 Å². The maximum atomic E-state index is 13.6. The molecule has 164 valence electrons. The van der Waals surface area contributed by atoms with E-state index in [1.807, 2.05) is 0 Å². The van der Waals surface area contributed by atoms with Gasteiger partial charge in [0.25, 0.3) is 0 Å². The summed E-state index contributed by atoms with van der Waals surface area (Å²) in [5.41, 5.74) is 0.905. The largest absolute Gasteiger partial charge is 0.336 e. The van der Waals surface area contributed by atoms with Gasteiger partial charge in [-0.15, -0.1) is 5.10 Å². The molecule has 3 aromatic rings. The Labute approximate surface area is 177 Å². The average Bonchev–Trinajstić information content (AvgIpc) is 3.40. The number of urea groups is 1. The third-order valence-corrected chi connectivity index (χ3v) is 6.87. The monoisotopic (exact) mass is 450 g/mol. The van der Waals surface area contributed by atoms with E-state index in [2.05, 4.69) is 20.9 Å². The van der Waals surface area contributed by atoms with Crippen LogP contribution in [0, 0.1) is 11.6 Å². The Hall–Kier alpha value is -3.12. The summed E-state index contributed by atoms with van der Waals surface area (Å²) in [5, 5.41) is 12.9. The standard InChI is InChI=1S/C19H20F2N6O3S/c20-13-3-5-16(15(21)11-13)23-19(28)22-7-10-27-18-6-4-14(12-17(18)24-25-27)31(29,30)26-8-1-2-9-26/h3-6,11-12H,1-2,7-10H2,(H2,22,23,28). The number of hydrogen-bond acceptors (Lipinski definition) is 5. The van der Waals surface area contributed by atoms with Gasteiger partial charge in [0, 0.05) is 25.7 Å². The van der Waals surface area contributed by atoms with Gasteiger partial charge in [0.1, 0.15) is 17.2 Å². The van der Waals surface area contributed by atoms with Crippen molar-refractivity contribution < 1.29 is 22.0 Å². The van der Waals surface area contributed by atoms with E-state index in [4.69, 9.17) is 0 Å². The lowest BCUT2D eigenvalue weighted by atomic mass is 10.3. The number of anilines is 1. The molecule has 2 N–H and O–H groups in total. The van der Waals surface area contributed by atoms with Crippen molar-refractivity contribution in [1.29, 1.82) is 0 Å². The molecule has 12 heteroatoms. The van der Waals surface area contributed by atoms with E-state index in [1.54, 1.807) is 6.07 Å². The number of carbonyl (C=O) groups is 1. The fourth-order valence-corrected chi connectivity index (χ4v) is 4.93. The maximum Gasteiger partial charge on any atom is 0.319 e. The number of fused-ring (bicyclic) bond motifs is 1. The van der Waals surface area contributed by atoms with Gasteiger partial charge in [0.15, 0.2) is 0 Å². The number of halogens is 2. The second kappa shape index (κ2) is 8.55. The van der Waals surface area contributed by atoms with E-state index >= 15 is 0 Å². The number of carbonyl (C=O) groups excluding carboxylic acids is 1. The molecule has 0 aliphatic carbocycles. The van der Waals surface area contributed by atoms with Crippen LogP contribution in [0.2, 0.25) is 0 Å². The SMILES string of the molecule is O=C(NCCn1nnc2cc(S(=O)(=O)N3CCCC3)ccc21)Nc1ccc(F)cc1F. The van der Waals surface area contributed by atoms with Crippen LogP contribution in [0.25, 0.3) is 11.0 Å². The molecule has 1 aromatic heterocycles. The molecule has 1 fully saturated rings. The molecule has 0 unspecified atom stereocenters. The first-order valence-electron chi connectivity index (χ1n) is 9.68. The molecule has 0 atom stereocenters. The summed E-state index contributed by atoms with van der Waals surface area (Å²) in [4.78, 5) is 12.1. The Balaban J connectivity index is 1.38. The van der Waals surface area contributed by atoms with Gasteiger partial charge in [-0.25, -0.2) is 26.7 Å². The Morgan fingerprint density at radius 3 is 2.61 bits per heavy atom. The second-order valence-electron chi connectivity index (χ2n) is 7.08. The lowest BCUT2D eigenvalue weighted by Gasteiger charge is -2.15. The van der Waals surface area contributed by atoms with Gasteiger partial charge in [-0.1, -0.05) is 5.21 Å². The van der Waals surface area contributed by atoms with Crippen LogP contribution >= 0.6 is 0 Å². The molecule has 0 radical (unpaired) electrons. The van der Waals surface area contributed by atoms with Crippen molar-refractivity contribution in [3.05, 3.63) is 48.0 Å². The van der Waals surface area contributed by atoms with Gasteiger partial charge >= 0.3 is 6.03 Å². The quantitative estimate of drug-likeness (QED) is 0.599. The fraction of sp³-hybridized carbons (Fsp3) is 0.316. The van der Waals surface area contributed by atoms with Crippen molar-refractivity contribution in [2.45, 2.75) is 24.3 Å². The summed E-state index contributed by atoms with van der Waals surface area (Å²) in [6, 6.07) is 6.83. The summed E-state index contributed by atoms with van der Waals surface area (Å²) < 4.78 is 54.9. The molecule has 1 aliphatic rings. The normalized spacial score (nSPS) is 14.8. The zero-order valence-electron chi connectivity index (χ0n) is 16.4. The molecule has 2 heterocycles. The number of nitrogens with one attached hydrogen (secondary N) is 2. The highest BCUT2D eigenvalue weighted by Gasteiger charge is 2.27. The minimum Gasteiger partial charge on any atom is -0.336 e. The summed E-state index contributed by atoms with van der Waals surface area (Å²) in [6.07, 6.45) is 1.71. The molecule has 1 saturated heterocycles. The molecule has 1 aliphatic heterocycles. The summed E-state index contributed by atoms with van der Waals surface area (Å²) in [6.45, 7) is 1.44. The molecular formula is C19H20F2N6O3S. The Morgan fingerprint density at radius 2 is 1.87 bits per heavy atom. The van der Waals surface area contributed by atoms with E-state index in [0.717, 1.165) is 25.0 Å². The zero-order valence-corrected chi connectivity index (χ0v) is 17.2. The lowest BCUT2D eigenvalue weighted by molar-refractivity contribution is 0.251. The number of sulfonamides is 1. The van der Waals surface area contributed by atoms with Crippen LogP contribution in [-0.2, 0) is 16.6 Å². The topological polar surface area (TPSA) is 109 Å². The highest BCUT2D eigenvalue weighted by atomic mass is 32.2. The van der Waals surface area contributed by atoms with E-state index in [1.165, 1.54) is 21.1 Å². The summed E-state index contributed by atoms with van der Waals surface area (Å²) in [5.74, 6) is -1.62. The van der Waals surface area contributed by atoms with Crippen molar-refractivity contribution in [2.75, 3.05) is 25.0 Å². The summed E-state index contributed by atoms with van der Waals surface area (Å²) >= 11 is 0. The highest BCUT2D eigenvalue weighted by Crippen LogP contribution is 2.23. The average molecular weight is 450 g/mol. The highest BCUT2D eigenvalue weighted by molar-refractivity contribution is 7.89. The minimum atomic E-state index is -3.55. The number of rotatable bonds is 6. The summed E-state index contributed by atoms with van der Waals surface area (Å²) in [7, 11) is -3.55. The first-order chi connectivity index (χ1) is 14.8. The van der Waals surface area contributed by atoms with Gasteiger partial charge in [0.05, 0.1) is 22.6 Å². The predicted molar refractivity (Wildman–Crippen MR) is 109 cm³/mol. The molecular weight excluding hydrogens is 430 g/mol. The number of amides is 2. The smallest absolute Gasteiger partial charge is 0.319 e. The Bertz CT molecular complexity index is 1220. The van der Waals surface area contributed by atoms with Crippen molar-refractivity contribution >= 4 is 32.8 Å². The van der Waals surface area contributed by atoms with Crippen LogP contribution < -0.4 is 10.6 Å². The van der Waals surface area contributed by atoms with Crippen LogP contribution in [0.4, 0.5) is 19.3 Å². The molecule has 2 amide bonds. The van der Waals surface area contributed by atoms with Gasteiger partial charge in [0.2, 0.25) is 10.0 Å². The number of aromatic nitrogens is 3. The van der Waals surface area contributed by atoms with Gasteiger partial charge in [-0.05, 0) is 43.2 Å². The zero-order chi connectivity index (χ0) is 22.0. The van der Waals surface area contributed by atoms with Crippen LogP contribution in [0.1, 0.15) is 12.8 Å². The fourth-order valence-electron chi connectivity index (χ4n) is 3.39. The third kappa shape index (κ3) is 4.49. The van der Waals surface area contributed by atoms with E-state index in [0.29, 0.717) is 30.2 Å².